The van der Waals surface area contributed by atoms with Crippen LogP contribution in [0.25, 0.3) is 10.2 Å². The number of benzene rings is 1. The van der Waals surface area contributed by atoms with Gasteiger partial charge >= 0.3 is 0 Å². The van der Waals surface area contributed by atoms with Crippen LogP contribution in [0.15, 0.2) is 24.3 Å². The van der Waals surface area contributed by atoms with Crippen LogP contribution >= 0.6 is 11.3 Å². The van der Waals surface area contributed by atoms with Crippen molar-refractivity contribution < 1.29 is 4.79 Å². The van der Waals surface area contributed by atoms with Crippen LogP contribution < -0.4 is 0 Å². The smallest absolute Gasteiger partial charge is 0.237 e. The molecule has 0 N–H and O–H groups in total. The molecule has 0 radical (unpaired) electrons. The molecule has 0 unspecified atom stereocenters. The molecule has 0 spiro atoms. The second kappa shape index (κ2) is 7.57. The number of carbonyl (C=O) groups excluding carboxylic acids is 1. The number of aromatic nitrogens is 1. The van der Waals surface area contributed by atoms with Gasteiger partial charge in [-0.15, -0.1) is 11.3 Å². The van der Waals surface area contributed by atoms with Crippen molar-refractivity contribution in [1.29, 1.82) is 5.26 Å². The molecule has 2 fully saturated rings. The van der Waals surface area contributed by atoms with Crippen molar-refractivity contribution in [1.82, 2.24) is 14.8 Å². The van der Waals surface area contributed by atoms with Crippen LogP contribution in [-0.4, -0.2) is 46.4 Å². The molecule has 1 amide bonds. The average molecular weight is 383 g/mol. The third kappa shape index (κ3) is 3.46. The van der Waals surface area contributed by atoms with Crippen molar-refractivity contribution >= 4 is 27.5 Å². The molecule has 6 heteroatoms. The minimum atomic E-state index is -0.611. The molecule has 1 atom stereocenters. The molecule has 1 aliphatic carbocycles. The van der Waals surface area contributed by atoms with Gasteiger partial charge in [0, 0.05) is 7.05 Å². The normalized spacial score (nSPS) is 22.6. The second-order valence-corrected chi connectivity index (χ2v) is 8.87. The number of likely N-dealkylation sites (tertiary alicyclic amines) is 1. The van der Waals surface area contributed by atoms with Crippen LogP contribution in [0.1, 0.15) is 56.0 Å². The highest BCUT2D eigenvalue weighted by atomic mass is 32.1. The molecule has 1 aromatic heterocycles. The molecule has 1 aromatic carbocycles. The fourth-order valence-corrected chi connectivity index (χ4v) is 5.64. The predicted octanol–water partition coefficient (Wildman–Crippen LogP) is 4.12. The first-order chi connectivity index (χ1) is 13.1. The highest BCUT2D eigenvalue weighted by Gasteiger charge is 2.40. The molecule has 1 saturated heterocycles. The van der Waals surface area contributed by atoms with E-state index in [4.69, 9.17) is 4.98 Å². The zero-order valence-corrected chi connectivity index (χ0v) is 16.7. The van der Waals surface area contributed by atoms with Gasteiger partial charge in [-0.05, 0) is 44.4 Å². The van der Waals surface area contributed by atoms with E-state index in [2.05, 4.69) is 17.0 Å². The second-order valence-electron chi connectivity index (χ2n) is 7.81. The van der Waals surface area contributed by atoms with Gasteiger partial charge in [0.1, 0.15) is 10.5 Å². The van der Waals surface area contributed by atoms with Gasteiger partial charge in [0.05, 0.1) is 28.9 Å². The van der Waals surface area contributed by atoms with E-state index in [9.17, 15) is 10.1 Å². The van der Waals surface area contributed by atoms with Gasteiger partial charge in [-0.1, -0.05) is 31.4 Å². The molecule has 2 heterocycles. The Hall–Kier alpha value is -1.97. The fourth-order valence-electron chi connectivity index (χ4n) is 4.50. The first-order valence-corrected chi connectivity index (χ1v) is 10.7. The summed E-state index contributed by atoms with van der Waals surface area (Å²) in [4.78, 5) is 21.8. The van der Waals surface area contributed by atoms with Gasteiger partial charge < -0.3 is 4.90 Å². The monoisotopic (exact) mass is 382 g/mol. The summed E-state index contributed by atoms with van der Waals surface area (Å²) in [6, 6.07) is 10.9. The summed E-state index contributed by atoms with van der Waals surface area (Å²) in [7, 11) is 1.82. The zero-order valence-electron chi connectivity index (χ0n) is 15.9. The van der Waals surface area contributed by atoms with Crippen molar-refractivity contribution in [2.45, 2.75) is 56.5 Å². The van der Waals surface area contributed by atoms with E-state index in [0.29, 0.717) is 6.54 Å². The Balaban J connectivity index is 1.49. The van der Waals surface area contributed by atoms with Crippen LogP contribution in [0.3, 0.4) is 0 Å². The summed E-state index contributed by atoms with van der Waals surface area (Å²) >= 11 is 1.74. The number of carbonyl (C=O) groups is 1. The molecular weight excluding hydrogens is 356 g/mol. The summed E-state index contributed by atoms with van der Waals surface area (Å²) in [5.74, 6) is 0.0615. The first-order valence-electron chi connectivity index (χ1n) is 9.90. The number of hydrogen-bond donors (Lipinski definition) is 0. The minimum absolute atomic E-state index is 0.0615. The third-order valence-corrected chi connectivity index (χ3v) is 7.34. The van der Waals surface area contributed by atoms with E-state index >= 15 is 0 Å². The number of hydrogen-bond acceptors (Lipinski definition) is 5. The number of nitriles is 1. The number of amides is 1. The quantitative estimate of drug-likeness (QED) is 0.798. The lowest BCUT2D eigenvalue weighted by Gasteiger charge is -2.40. The Kier molecular flexibility index (Phi) is 5.16. The van der Waals surface area contributed by atoms with Crippen LogP contribution in [-0.2, 0) is 4.79 Å². The number of thiazole rings is 1. The summed E-state index contributed by atoms with van der Waals surface area (Å²) in [6.45, 7) is 1.29. The molecule has 2 aliphatic rings. The van der Waals surface area contributed by atoms with Gasteiger partial charge in [-0.2, -0.15) is 5.26 Å². The number of fused-ring (bicyclic) bond motifs is 1. The van der Waals surface area contributed by atoms with E-state index in [-0.39, 0.29) is 11.9 Å². The molecule has 2 aromatic rings. The van der Waals surface area contributed by atoms with Gasteiger partial charge in [-0.25, -0.2) is 4.98 Å². The summed E-state index contributed by atoms with van der Waals surface area (Å²) in [5, 5.41) is 10.9. The van der Waals surface area contributed by atoms with Gasteiger partial charge in [0.25, 0.3) is 0 Å². The number of nitrogens with zero attached hydrogens (tertiary/aromatic N) is 4. The summed E-state index contributed by atoms with van der Waals surface area (Å²) in [5.41, 5.74) is 0.430. The number of likely N-dealkylation sites (N-methyl/N-ethyl adjacent to an activating group) is 1. The number of para-hydroxylation sites is 1. The fraction of sp³-hybridized carbons (Fsp3) is 0.571. The summed E-state index contributed by atoms with van der Waals surface area (Å²) < 4.78 is 1.20. The molecular formula is C21H26N4OS. The van der Waals surface area contributed by atoms with Gasteiger partial charge in [0.15, 0.2) is 0 Å². The minimum Gasteiger partial charge on any atom is -0.326 e. The Morgan fingerprint density at radius 3 is 2.85 bits per heavy atom. The molecule has 4 rings (SSSR count). The van der Waals surface area contributed by atoms with Crippen molar-refractivity contribution in [3.8, 4) is 6.07 Å². The molecule has 27 heavy (non-hydrogen) atoms. The van der Waals surface area contributed by atoms with Crippen LogP contribution in [0.4, 0.5) is 0 Å². The molecule has 142 valence electrons. The van der Waals surface area contributed by atoms with Crippen molar-refractivity contribution in [3.63, 3.8) is 0 Å². The van der Waals surface area contributed by atoms with E-state index < -0.39 is 5.54 Å². The lowest BCUT2D eigenvalue weighted by molar-refractivity contribution is -0.136. The average Bonchev–Trinajstić information content (AvgIpc) is 3.34. The standard InChI is InChI=1S/C21H26N4OS/c1-24(21(15-22)11-5-2-6-12-21)19(26)14-25-13-7-9-17(25)20-23-16-8-3-4-10-18(16)27-20/h3-4,8,10,17H,2,5-7,9,11-14H2,1H3/t17-/m1/s1. The van der Waals surface area contributed by atoms with Gasteiger partial charge in [0.2, 0.25) is 5.91 Å². The molecule has 0 bridgehead atoms. The van der Waals surface area contributed by atoms with E-state index in [1.807, 2.05) is 25.2 Å². The third-order valence-electron chi connectivity index (χ3n) is 6.20. The molecule has 1 aliphatic heterocycles. The van der Waals surface area contributed by atoms with Crippen LogP contribution in [0, 0.1) is 11.3 Å². The maximum absolute atomic E-state index is 13.0. The van der Waals surface area contributed by atoms with Crippen LogP contribution in [0.5, 0.6) is 0 Å². The van der Waals surface area contributed by atoms with Crippen molar-refractivity contribution in [3.05, 3.63) is 29.3 Å². The SMILES string of the molecule is CN(C(=O)CN1CCC[C@@H]1c1nc2ccccc2s1)C1(C#N)CCCCC1. The Morgan fingerprint density at radius 1 is 1.33 bits per heavy atom. The maximum Gasteiger partial charge on any atom is 0.237 e. The maximum atomic E-state index is 13.0. The summed E-state index contributed by atoms with van der Waals surface area (Å²) in [6.07, 6.45) is 6.95. The highest BCUT2D eigenvalue weighted by molar-refractivity contribution is 7.18. The van der Waals surface area contributed by atoms with Gasteiger partial charge in [-0.3, -0.25) is 9.69 Å². The van der Waals surface area contributed by atoms with Crippen LogP contribution in [0.2, 0.25) is 0 Å². The molecule has 5 nitrogen and oxygen atoms in total. The largest absolute Gasteiger partial charge is 0.326 e. The molecule has 1 saturated carbocycles. The predicted molar refractivity (Wildman–Crippen MR) is 107 cm³/mol. The van der Waals surface area contributed by atoms with E-state index in [1.54, 1.807) is 16.2 Å². The van der Waals surface area contributed by atoms with E-state index in [1.165, 1.54) is 4.70 Å². The Labute approximate surface area is 164 Å². The Morgan fingerprint density at radius 2 is 2.11 bits per heavy atom. The Bertz CT molecular complexity index is 831. The van der Waals surface area contributed by atoms with Crippen molar-refractivity contribution in [2.24, 2.45) is 0 Å². The zero-order chi connectivity index (χ0) is 18.9. The lowest BCUT2D eigenvalue weighted by atomic mass is 9.81. The first kappa shape index (κ1) is 18.4. The van der Waals surface area contributed by atoms with Crippen molar-refractivity contribution in [2.75, 3.05) is 20.1 Å². The topological polar surface area (TPSA) is 60.2 Å². The highest BCUT2D eigenvalue weighted by Crippen LogP contribution is 2.37. The van der Waals surface area contributed by atoms with E-state index in [0.717, 1.165) is 62.0 Å². The number of rotatable bonds is 4. The lowest BCUT2D eigenvalue weighted by Crippen LogP contribution is -2.52.